The van der Waals surface area contributed by atoms with Crippen molar-refractivity contribution in [3.8, 4) is 5.69 Å². The lowest BCUT2D eigenvalue weighted by Gasteiger charge is -2.27. The third-order valence-corrected chi connectivity index (χ3v) is 5.55. The summed E-state index contributed by atoms with van der Waals surface area (Å²) in [5, 5.41) is 2.92. The van der Waals surface area contributed by atoms with E-state index in [4.69, 9.17) is 4.74 Å². The summed E-state index contributed by atoms with van der Waals surface area (Å²) in [5.74, 6) is 0. The van der Waals surface area contributed by atoms with E-state index in [1.165, 1.54) is 0 Å². The lowest BCUT2D eigenvalue weighted by molar-refractivity contribution is 0.0564. The van der Waals surface area contributed by atoms with Crippen LogP contribution in [0.4, 0.5) is 10.5 Å². The molecule has 2 aromatic heterocycles. The smallest absolute Gasteiger partial charge is 0.322 e. The minimum Gasteiger partial charge on any atom is -0.378 e. The van der Waals surface area contributed by atoms with Gasteiger partial charge in [0.05, 0.1) is 18.9 Å². The Hall–Kier alpha value is -4.04. The van der Waals surface area contributed by atoms with Gasteiger partial charge >= 0.3 is 6.03 Å². The number of amides is 2. The van der Waals surface area contributed by atoms with Crippen LogP contribution in [0.3, 0.4) is 0 Å². The van der Waals surface area contributed by atoms with Crippen LogP contribution in [0, 0.1) is 0 Å². The second kappa shape index (κ2) is 9.22. The number of urea groups is 1. The molecule has 0 unspecified atom stereocenters. The number of nitrogens with one attached hydrogen (secondary N) is 1. The molecule has 166 valence electrons. The summed E-state index contributed by atoms with van der Waals surface area (Å²) in [4.78, 5) is 36.9. The normalized spacial score (nSPS) is 13.8. The maximum atomic E-state index is 13.5. The highest BCUT2D eigenvalue weighted by atomic mass is 16.5. The number of nitrogens with zero attached hydrogens (tertiary/aromatic N) is 4. The second-order valence-corrected chi connectivity index (χ2v) is 7.79. The number of fused-ring (bicyclic) bond motifs is 1. The first-order valence-electron chi connectivity index (χ1n) is 10.8. The standard InChI is InChI=1S/C25H23N5O3/c31-24-22(16-18-6-2-1-3-7-18)28-21-10-5-11-26-23(21)30(24)20-9-4-8-19(17-20)27-25(32)29-12-14-33-15-13-29/h1-11,17H,12-16H2,(H,27,32). The fraction of sp³-hybridized carbons (Fsp3) is 0.200. The number of carbonyl (C=O) groups is 1. The van der Waals surface area contributed by atoms with Crippen molar-refractivity contribution in [3.63, 3.8) is 0 Å². The van der Waals surface area contributed by atoms with Crippen molar-refractivity contribution in [2.45, 2.75) is 6.42 Å². The molecule has 1 N–H and O–H groups in total. The lowest BCUT2D eigenvalue weighted by Crippen LogP contribution is -2.43. The van der Waals surface area contributed by atoms with Crippen LogP contribution in [-0.4, -0.2) is 51.8 Å². The van der Waals surface area contributed by atoms with E-state index in [1.54, 1.807) is 33.9 Å². The average Bonchev–Trinajstić information content (AvgIpc) is 2.86. The topological polar surface area (TPSA) is 89.3 Å². The summed E-state index contributed by atoms with van der Waals surface area (Å²) in [6, 6.07) is 20.4. The van der Waals surface area contributed by atoms with Gasteiger partial charge in [-0.05, 0) is 35.9 Å². The van der Waals surface area contributed by atoms with Gasteiger partial charge in [-0.25, -0.2) is 14.8 Å². The van der Waals surface area contributed by atoms with Crippen molar-refractivity contribution in [2.24, 2.45) is 0 Å². The molecule has 8 nitrogen and oxygen atoms in total. The van der Waals surface area contributed by atoms with Gasteiger partial charge in [-0.2, -0.15) is 0 Å². The van der Waals surface area contributed by atoms with E-state index in [2.05, 4.69) is 15.3 Å². The van der Waals surface area contributed by atoms with Crippen molar-refractivity contribution in [3.05, 3.63) is 94.5 Å². The Labute approximate surface area is 190 Å². The van der Waals surface area contributed by atoms with E-state index in [0.717, 1.165) is 5.56 Å². The maximum absolute atomic E-state index is 13.5. The van der Waals surface area contributed by atoms with E-state index in [-0.39, 0.29) is 11.6 Å². The fourth-order valence-corrected chi connectivity index (χ4v) is 3.90. The molecule has 3 heterocycles. The maximum Gasteiger partial charge on any atom is 0.322 e. The summed E-state index contributed by atoms with van der Waals surface area (Å²) < 4.78 is 6.87. The Balaban J connectivity index is 1.54. The van der Waals surface area contributed by atoms with Crippen LogP contribution >= 0.6 is 0 Å². The number of aromatic nitrogens is 3. The third-order valence-electron chi connectivity index (χ3n) is 5.55. The molecule has 2 aromatic carbocycles. The van der Waals surface area contributed by atoms with Crippen LogP contribution in [0.1, 0.15) is 11.3 Å². The number of carbonyl (C=O) groups excluding carboxylic acids is 1. The molecular weight excluding hydrogens is 418 g/mol. The number of benzene rings is 2. The Morgan fingerprint density at radius 1 is 1.00 bits per heavy atom. The van der Waals surface area contributed by atoms with Crippen molar-refractivity contribution in [2.75, 3.05) is 31.6 Å². The molecule has 4 aromatic rings. The minimum absolute atomic E-state index is 0.190. The van der Waals surface area contributed by atoms with Gasteiger partial charge < -0.3 is 15.0 Å². The highest BCUT2D eigenvalue weighted by Gasteiger charge is 2.18. The van der Waals surface area contributed by atoms with Gasteiger partial charge in [0.25, 0.3) is 5.56 Å². The first-order valence-corrected chi connectivity index (χ1v) is 10.8. The fourth-order valence-electron chi connectivity index (χ4n) is 3.90. The number of rotatable bonds is 4. The molecule has 0 spiro atoms. The molecule has 0 saturated carbocycles. The Kier molecular flexibility index (Phi) is 5.82. The average molecular weight is 441 g/mol. The minimum atomic E-state index is -0.235. The number of ether oxygens (including phenoxy) is 1. The molecule has 0 atom stereocenters. The molecular formula is C25H23N5O3. The highest BCUT2D eigenvalue weighted by molar-refractivity contribution is 5.89. The van der Waals surface area contributed by atoms with Crippen molar-refractivity contribution in [1.29, 1.82) is 0 Å². The van der Waals surface area contributed by atoms with Gasteiger partial charge in [0.2, 0.25) is 0 Å². The molecule has 1 fully saturated rings. The quantitative estimate of drug-likeness (QED) is 0.525. The number of morpholine rings is 1. The van der Waals surface area contributed by atoms with Gasteiger partial charge in [0.1, 0.15) is 11.2 Å². The predicted octanol–water partition coefficient (Wildman–Crippen LogP) is 3.24. The number of hydrogen-bond donors (Lipinski definition) is 1. The molecule has 0 radical (unpaired) electrons. The largest absolute Gasteiger partial charge is 0.378 e. The summed E-state index contributed by atoms with van der Waals surface area (Å²) in [6.45, 7) is 2.16. The molecule has 1 aliphatic heterocycles. The van der Waals surface area contributed by atoms with Gasteiger partial charge in [0.15, 0.2) is 5.65 Å². The SMILES string of the molecule is O=C(Nc1cccc(-n2c(=O)c(Cc3ccccc3)nc3cccnc32)c1)N1CCOCC1. The highest BCUT2D eigenvalue weighted by Crippen LogP contribution is 2.19. The lowest BCUT2D eigenvalue weighted by atomic mass is 10.1. The van der Waals surface area contributed by atoms with E-state index in [9.17, 15) is 9.59 Å². The van der Waals surface area contributed by atoms with Gasteiger partial charge in [-0.1, -0.05) is 36.4 Å². The van der Waals surface area contributed by atoms with E-state index < -0.39 is 0 Å². The molecule has 2 amide bonds. The van der Waals surface area contributed by atoms with Crippen LogP contribution in [0.15, 0.2) is 77.7 Å². The third kappa shape index (κ3) is 4.47. The molecule has 1 saturated heterocycles. The van der Waals surface area contributed by atoms with Crippen molar-refractivity contribution < 1.29 is 9.53 Å². The zero-order valence-corrected chi connectivity index (χ0v) is 18.0. The first-order chi connectivity index (χ1) is 16.2. The molecule has 5 rings (SSSR count). The first kappa shape index (κ1) is 20.8. The van der Waals surface area contributed by atoms with E-state index in [1.807, 2.05) is 48.5 Å². The Morgan fingerprint density at radius 3 is 2.64 bits per heavy atom. The van der Waals surface area contributed by atoms with Gasteiger partial charge in [-0.3, -0.25) is 9.36 Å². The summed E-state index contributed by atoms with van der Waals surface area (Å²) in [7, 11) is 0. The van der Waals surface area contributed by atoms with Gasteiger partial charge in [-0.15, -0.1) is 0 Å². The summed E-state index contributed by atoms with van der Waals surface area (Å²) >= 11 is 0. The molecule has 33 heavy (non-hydrogen) atoms. The molecule has 0 aliphatic carbocycles. The van der Waals surface area contributed by atoms with Crippen LogP contribution in [0.5, 0.6) is 0 Å². The predicted molar refractivity (Wildman–Crippen MR) is 126 cm³/mol. The summed E-state index contributed by atoms with van der Waals surface area (Å²) in [5.41, 5.74) is 3.51. The number of anilines is 1. The number of pyridine rings is 1. The molecule has 1 aliphatic rings. The second-order valence-electron chi connectivity index (χ2n) is 7.79. The monoisotopic (exact) mass is 441 g/mol. The van der Waals surface area contributed by atoms with Crippen LogP contribution < -0.4 is 10.9 Å². The van der Waals surface area contributed by atoms with Crippen molar-refractivity contribution in [1.82, 2.24) is 19.4 Å². The molecule has 8 heteroatoms. The van der Waals surface area contributed by atoms with Crippen LogP contribution in [0.25, 0.3) is 16.9 Å². The number of hydrogen-bond acceptors (Lipinski definition) is 5. The Morgan fingerprint density at radius 2 is 1.82 bits per heavy atom. The summed E-state index contributed by atoms with van der Waals surface area (Å²) in [6.07, 6.45) is 2.05. The van der Waals surface area contributed by atoms with Crippen LogP contribution in [0.2, 0.25) is 0 Å². The Bertz CT molecular complexity index is 1350. The van der Waals surface area contributed by atoms with Crippen LogP contribution in [-0.2, 0) is 11.2 Å². The van der Waals surface area contributed by atoms with Crippen molar-refractivity contribution >= 4 is 22.9 Å². The van der Waals surface area contributed by atoms with Gasteiger partial charge in [0, 0.05) is 31.4 Å². The zero-order valence-electron chi connectivity index (χ0n) is 18.0. The molecule has 0 bridgehead atoms. The zero-order chi connectivity index (χ0) is 22.6. The van der Waals surface area contributed by atoms with E-state index in [0.29, 0.717) is 61.0 Å². The van der Waals surface area contributed by atoms with E-state index >= 15 is 0 Å².